The molecule has 3 N–H and O–H groups in total. The maximum Gasteiger partial charge on any atom is 0.237 e. The van der Waals surface area contributed by atoms with Gasteiger partial charge in [0.1, 0.15) is 11.5 Å². The number of nitrogens with one attached hydrogen (secondary N) is 2. The quantitative estimate of drug-likeness (QED) is 0.686. The fourth-order valence-corrected chi connectivity index (χ4v) is 2.95. The minimum Gasteiger partial charge on any atom is -0.457 e. The maximum atomic E-state index is 12.2. The molecular weight excluding hydrogens is 408 g/mol. The molecular formula is C18H20BrClN2O3. The lowest BCUT2D eigenvalue weighted by Gasteiger charge is -2.14. The van der Waals surface area contributed by atoms with E-state index in [0.29, 0.717) is 25.3 Å². The number of halogens is 2. The van der Waals surface area contributed by atoms with E-state index in [2.05, 4.69) is 26.6 Å². The van der Waals surface area contributed by atoms with E-state index in [0.717, 1.165) is 15.8 Å². The molecule has 1 saturated heterocycles. The number of hydrogen-bond acceptors (Lipinski definition) is 4. The number of carbonyl (C=O) groups excluding carboxylic acids is 1. The molecule has 2 aromatic carbocycles. The van der Waals surface area contributed by atoms with Crippen LogP contribution in [-0.2, 0) is 11.3 Å². The van der Waals surface area contributed by atoms with Crippen molar-refractivity contribution >= 4 is 34.2 Å². The molecule has 134 valence electrons. The van der Waals surface area contributed by atoms with E-state index in [-0.39, 0.29) is 24.4 Å². The lowest BCUT2D eigenvalue weighted by Crippen LogP contribution is -2.40. The molecule has 0 aliphatic carbocycles. The van der Waals surface area contributed by atoms with Crippen molar-refractivity contribution in [1.29, 1.82) is 0 Å². The van der Waals surface area contributed by atoms with Gasteiger partial charge in [-0.05, 0) is 30.7 Å². The first-order chi connectivity index (χ1) is 11.6. The standard InChI is InChI=1S/C18H19BrN2O3.ClH/c19-13-7-6-12(10-21-18(23)16-9-14(22)11-20-16)17(8-13)24-15-4-2-1-3-5-15;/h1-8,14,16,20,22H,9-11H2,(H,21,23);1H. The van der Waals surface area contributed by atoms with Crippen molar-refractivity contribution in [1.82, 2.24) is 10.6 Å². The minimum absolute atomic E-state index is 0. The van der Waals surface area contributed by atoms with Crippen molar-refractivity contribution in [2.24, 2.45) is 0 Å². The first-order valence-corrected chi connectivity index (χ1v) is 8.61. The molecule has 0 aromatic heterocycles. The molecule has 0 saturated carbocycles. The average molecular weight is 428 g/mol. The van der Waals surface area contributed by atoms with Crippen LogP contribution in [0, 0.1) is 0 Å². The molecule has 2 atom stereocenters. The summed E-state index contributed by atoms with van der Waals surface area (Å²) in [5, 5.41) is 15.4. The second-order valence-electron chi connectivity index (χ2n) is 5.74. The Morgan fingerprint density at radius 3 is 2.72 bits per heavy atom. The summed E-state index contributed by atoms with van der Waals surface area (Å²) in [6.07, 6.45) is -0.00934. The van der Waals surface area contributed by atoms with E-state index < -0.39 is 6.10 Å². The first-order valence-electron chi connectivity index (χ1n) is 7.82. The van der Waals surface area contributed by atoms with Gasteiger partial charge in [0.05, 0.1) is 12.1 Å². The van der Waals surface area contributed by atoms with Crippen molar-refractivity contribution in [2.45, 2.75) is 25.1 Å². The van der Waals surface area contributed by atoms with Gasteiger partial charge in [-0.1, -0.05) is 40.2 Å². The molecule has 7 heteroatoms. The minimum atomic E-state index is -0.453. The number of carbonyl (C=O) groups is 1. The summed E-state index contributed by atoms with van der Waals surface area (Å²) < 4.78 is 6.83. The molecule has 1 heterocycles. The van der Waals surface area contributed by atoms with Gasteiger partial charge in [-0.25, -0.2) is 0 Å². The molecule has 2 aromatic rings. The molecule has 0 radical (unpaired) electrons. The topological polar surface area (TPSA) is 70.6 Å². The summed E-state index contributed by atoms with van der Waals surface area (Å²) in [5.74, 6) is 1.32. The Labute approximate surface area is 161 Å². The zero-order chi connectivity index (χ0) is 16.9. The van der Waals surface area contributed by atoms with Crippen LogP contribution < -0.4 is 15.4 Å². The Morgan fingerprint density at radius 2 is 2.04 bits per heavy atom. The summed E-state index contributed by atoms with van der Waals surface area (Å²) in [6, 6.07) is 14.9. The number of rotatable bonds is 5. The normalized spacial score (nSPS) is 19.1. The van der Waals surface area contributed by atoms with Crippen LogP contribution in [0.4, 0.5) is 0 Å². The Balaban J connectivity index is 0.00000225. The monoisotopic (exact) mass is 426 g/mol. The summed E-state index contributed by atoms with van der Waals surface area (Å²) >= 11 is 3.45. The van der Waals surface area contributed by atoms with Gasteiger partial charge >= 0.3 is 0 Å². The van der Waals surface area contributed by atoms with Crippen molar-refractivity contribution in [3.05, 3.63) is 58.6 Å². The van der Waals surface area contributed by atoms with E-state index in [1.54, 1.807) is 0 Å². The predicted octanol–water partition coefficient (Wildman–Crippen LogP) is 3.00. The van der Waals surface area contributed by atoms with Crippen LogP contribution in [0.2, 0.25) is 0 Å². The molecule has 1 amide bonds. The highest BCUT2D eigenvalue weighted by molar-refractivity contribution is 9.10. The predicted molar refractivity (Wildman–Crippen MR) is 102 cm³/mol. The van der Waals surface area contributed by atoms with Crippen LogP contribution in [-0.4, -0.2) is 29.7 Å². The van der Waals surface area contributed by atoms with Gasteiger partial charge in [-0.3, -0.25) is 4.79 Å². The van der Waals surface area contributed by atoms with Gasteiger partial charge in [-0.15, -0.1) is 12.4 Å². The second kappa shape index (κ2) is 9.20. The molecule has 1 fully saturated rings. The van der Waals surface area contributed by atoms with E-state index in [9.17, 15) is 9.90 Å². The van der Waals surface area contributed by atoms with E-state index in [1.165, 1.54) is 0 Å². The number of benzene rings is 2. The summed E-state index contributed by atoms with van der Waals surface area (Å²) in [6.45, 7) is 0.821. The molecule has 1 aliphatic rings. The number of aliphatic hydroxyl groups excluding tert-OH is 1. The SMILES string of the molecule is Cl.O=C(NCc1ccc(Br)cc1Oc1ccccc1)C1CC(O)CN1. The molecule has 0 spiro atoms. The van der Waals surface area contributed by atoms with Crippen LogP contribution in [0.1, 0.15) is 12.0 Å². The largest absolute Gasteiger partial charge is 0.457 e. The maximum absolute atomic E-state index is 12.2. The number of para-hydroxylation sites is 1. The van der Waals surface area contributed by atoms with Crippen LogP contribution in [0.3, 0.4) is 0 Å². The third-order valence-electron chi connectivity index (χ3n) is 3.88. The smallest absolute Gasteiger partial charge is 0.237 e. The van der Waals surface area contributed by atoms with Gasteiger partial charge in [0.25, 0.3) is 0 Å². The van der Waals surface area contributed by atoms with Gasteiger partial charge in [-0.2, -0.15) is 0 Å². The number of hydrogen-bond donors (Lipinski definition) is 3. The van der Waals surface area contributed by atoms with Gasteiger partial charge in [0.15, 0.2) is 0 Å². The molecule has 0 bridgehead atoms. The highest BCUT2D eigenvalue weighted by atomic mass is 79.9. The Morgan fingerprint density at radius 1 is 1.28 bits per heavy atom. The van der Waals surface area contributed by atoms with Crippen molar-refractivity contribution < 1.29 is 14.6 Å². The first kappa shape index (κ1) is 19.7. The Bertz CT molecular complexity index is 715. The van der Waals surface area contributed by atoms with E-state index in [1.807, 2.05) is 48.5 Å². The Hall–Kier alpha value is -1.60. The lowest BCUT2D eigenvalue weighted by atomic mass is 10.1. The van der Waals surface area contributed by atoms with Gasteiger partial charge < -0.3 is 20.5 Å². The Kier molecular flexibility index (Phi) is 7.25. The van der Waals surface area contributed by atoms with E-state index in [4.69, 9.17) is 4.74 Å². The highest BCUT2D eigenvalue weighted by Crippen LogP contribution is 2.28. The van der Waals surface area contributed by atoms with Gasteiger partial charge in [0.2, 0.25) is 5.91 Å². The zero-order valence-electron chi connectivity index (χ0n) is 13.4. The van der Waals surface area contributed by atoms with Crippen molar-refractivity contribution in [3.8, 4) is 11.5 Å². The van der Waals surface area contributed by atoms with Crippen LogP contribution in [0.15, 0.2) is 53.0 Å². The van der Waals surface area contributed by atoms with Crippen molar-refractivity contribution in [2.75, 3.05) is 6.54 Å². The fraction of sp³-hybridized carbons (Fsp3) is 0.278. The van der Waals surface area contributed by atoms with Crippen molar-refractivity contribution in [3.63, 3.8) is 0 Å². The third-order valence-corrected chi connectivity index (χ3v) is 4.37. The zero-order valence-corrected chi connectivity index (χ0v) is 15.8. The molecule has 2 unspecified atom stereocenters. The third kappa shape index (κ3) is 5.44. The fourth-order valence-electron chi connectivity index (χ4n) is 2.61. The second-order valence-corrected chi connectivity index (χ2v) is 6.65. The average Bonchev–Trinajstić information content (AvgIpc) is 3.01. The van der Waals surface area contributed by atoms with Crippen LogP contribution in [0.5, 0.6) is 11.5 Å². The number of ether oxygens (including phenoxy) is 1. The number of amides is 1. The molecule has 5 nitrogen and oxygen atoms in total. The van der Waals surface area contributed by atoms with E-state index >= 15 is 0 Å². The molecule has 25 heavy (non-hydrogen) atoms. The van der Waals surface area contributed by atoms with Gasteiger partial charge in [0, 0.05) is 23.1 Å². The summed E-state index contributed by atoms with van der Waals surface area (Å²) in [5.41, 5.74) is 0.883. The van der Waals surface area contributed by atoms with Crippen LogP contribution >= 0.6 is 28.3 Å². The number of aliphatic hydroxyl groups is 1. The molecule has 3 rings (SSSR count). The highest BCUT2D eigenvalue weighted by Gasteiger charge is 2.27. The lowest BCUT2D eigenvalue weighted by molar-refractivity contribution is -0.123. The number of β-amino-alcohol motifs (C(OH)–C–C–N with tert-alkyl or cyclic N) is 1. The summed E-state index contributed by atoms with van der Waals surface area (Å²) in [7, 11) is 0. The molecule has 1 aliphatic heterocycles. The van der Waals surface area contributed by atoms with Crippen LogP contribution in [0.25, 0.3) is 0 Å². The summed E-state index contributed by atoms with van der Waals surface area (Å²) in [4.78, 5) is 12.2.